The summed E-state index contributed by atoms with van der Waals surface area (Å²) < 4.78 is 12.3. The second kappa shape index (κ2) is 8.15. The third kappa shape index (κ3) is 3.46. The molecular formula is C21H16N4O7. The zero-order chi connectivity index (χ0) is 21.5. The highest BCUT2D eigenvalue weighted by Crippen LogP contribution is 2.39. The van der Waals surface area contributed by atoms with Crippen molar-refractivity contribution in [3.05, 3.63) is 61.2 Å². The van der Waals surface area contributed by atoms with Gasteiger partial charge < -0.3 is 29.7 Å². The largest absolute Gasteiger partial charge is 0.421 e. The lowest BCUT2D eigenvalue weighted by Crippen LogP contribution is -2.43. The Bertz CT molecular complexity index is 1310. The Morgan fingerprint density at radius 1 is 0.906 bits per heavy atom. The average molecular weight is 436 g/mol. The average Bonchev–Trinajstić information content (AvgIpc) is 3.33. The lowest BCUT2D eigenvalue weighted by atomic mass is 10.1. The standard InChI is InChI=1S/C21H14N4O6.H2O/c26-15-16(27)21(29)31-19-14-12(23-18(24-19)11-4-2-1-3-5-11)6-7-13(17(14)30-20(15)28)25-9-8-22-10-25;/h1-10,15-16,26-27H;1H2. The summed E-state index contributed by atoms with van der Waals surface area (Å²) in [7, 11) is 0. The third-order valence-corrected chi connectivity index (χ3v) is 4.76. The van der Waals surface area contributed by atoms with Gasteiger partial charge in [-0.1, -0.05) is 30.3 Å². The summed E-state index contributed by atoms with van der Waals surface area (Å²) in [4.78, 5) is 37.6. The van der Waals surface area contributed by atoms with Crippen molar-refractivity contribution < 1.29 is 34.8 Å². The van der Waals surface area contributed by atoms with Crippen LogP contribution in [0.4, 0.5) is 0 Å². The molecule has 3 heterocycles. The van der Waals surface area contributed by atoms with E-state index in [4.69, 9.17) is 9.47 Å². The monoisotopic (exact) mass is 436 g/mol. The first-order valence-corrected chi connectivity index (χ1v) is 9.21. The van der Waals surface area contributed by atoms with Gasteiger partial charge in [0.2, 0.25) is 5.88 Å². The molecule has 0 fully saturated rings. The molecule has 0 saturated heterocycles. The van der Waals surface area contributed by atoms with E-state index >= 15 is 0 Å². The number of benzene rings is 2. The molecule has 162 valence electrons. The minimum absolute atomic E-state index is 0. The second-order valence-corrected chi connectivity index (χ2v) is 6.73. The second-order valence-electron chi connectivity index (χ2n) is 6.73. The van der Waals surface area contributed by atoms with Gasteiger partial charge in [-0.15, -0.1) is 0 Å². The topological polar surface area (TPSA) is 168 Å². The number of carbonyl (C=O) groups is 2. The van der Waals surface area contributed by atoms with Gasteiger partial charge >= 0.3 is 11.9 Å². The number of imidazole rings is 1. The van der Waals surface area contributed by atoms with E-state index in [1.807, 2.05) is 6.07 Å². The molecule has 2 atom stereocenters. The van der Waals surface area contributed by atoms with Gasteiger partial charge in [0.1, 0.15) is 5.39 Å². The highest BCUT2D eigenvalue weighted by molar-refractivity contribution is 5.99. The molecule has 2 aromatic carbocycles. The minimum atomic E-state index is -2.15. The Morgan fingerprint density at radius 3 is 2.31 bits per heavy atom. The Labute approximate surface area is 179 Å². The number of rotatable bonds is 2. The third-order valence-electron chi connectivity index (χ3n) is 4.76. The summed E-state index contributed by atoms with van der Waals surface area (Å²) in [6.45, 7) is 0. The molecule has 5 rings (SSSR count). The summed E-state index contributed by atoms with van der Waals surface area (Å²) >= 11 is 0. The number of ether oxygens (including phenoxy) is 2. The number of nitrogens with zero attached hydrogens (tertiary/aromatic N) is 4. The molecule has 4 N–H and O–H groups in total. The zero-order valence-electron chi connectivity index (χ0n) is 16.2. The van der Waals surface area contributed by atoms with E-state index < -0.39 is 24.1 Å². The summed E-state index contributed by atoms with van der Waals surface area (Å²) in [6, 6.07) is 12.3. The van der Waals surface area contributed by atoms with Crippen LogP contribution in [0.25, 0.3) is 28.0 Å². The van der Waals surface area contributed by atoms with Crippen LogP contribution in [0.1, 0.15) is 0 Å². The SMILES string of the molecule is O.O=C1Oc2nc(-c3ccccc3)nc3ccc(-n4ccnc4)c(c23)OC(=O)C(O)C1O. The van der Waals surface area contributed by atoms with Crippen molar-refractivity contribution in [1.82, 2.24) is 19.5 Å². The van der Waals surface area contributed by atoms with Crippen molar-refractivity contribution in [1.29, 1.82) is 0 Å². The van der Waals surface area contributed by atoms with Crippen molar-refractivity contribution in [2.75, 3.05) is 0 Å². The highest BCUT2D eigenvalue weighted by atomic mass is 16.6. The van der Waals surface area contributed by atoms with E-state index in [1.165, 1.54) is 12.5 Å². The summed E-state index contributed by atoms with van der Waals surface area (Å²) in [5, 5.41) is 20.2. The number of hydrogen-bond acceptors (Lipinski definition) is 9. The van der Waals surface area contributed by atoms with E-state index in [0.29, 0.717) is 16.8 Å². The van der Waals surface area contributed by atoms with Crippen LogP contribution in [0.15, 0.2) is 61.2 Å². The van der Waals surface area contributed by atoms with Crippen molar-refractivity contribution in [2.24, 2.45) is 0 Å². The van der Waals surface area contributed by atoms with E-state index in [1.54, 1.807) is 47.2 Å². The normalized spacial score (nSPS) is 18.1. The van der Waals surface area contributed by atoms with E-state index in [-0.39, 0.29) is 28.3 Å². The maximum atomic E-state index is 12.4. The fourth-order valence-corrected chi connectivity index (χ4v) is 3.23. The maximum Gasteiger partial charge on any atom is 0.345 e. The Balaban J connectivity index is 0.00000245. The molecule has 2 unspecified atom stereocenters. The summed E-state index contributed by atoms with van der Waals surface area (Å²) in [5.41, 5.74) is 1.36. The number of aliphatic hydroxyl groups is 2. The Kier molecular flexibility index (Phi) is 5.36. The molecule has 2 aromatic heterocycles. The molecular weight excluding hydrogens is 420 g/mol. The smallest absolute Gasteiger partial charge is 0.345 e. The molecule has 1 aliphatic rings. The molecule has 0 amide bonds. The number of aromatic nitrogens is 4. The molecule has 32 heavy (non-hydrogen) atoms. The van der Waals surface area contributed by atoms with Crippen LogP contribution in [0.5, 0.6) is 11.6 Å². The van der Waals surface area contributed by atoms with Crippen molar-refractivity contribution in [3.8, 4) is 28.7 Å². The first-order valence-electron chi connectivity index (χ1n) is 9.21. The van der Waals surface area contributed by atoms with Crippen LogP contribution >= 0.6 is 0 Å². The molecule has 0 saturated carbocycles. The van der Waals surface area contributed by atoms with Gasteiger partial charge in [0.05, 0.1) is 17.5 Å². The van der Waals surface area contributed by atoms with Gasteiger partial charge in [0.15, 0.2) is 23.8 Å². The first kappa shape index (κ1) is 21.1. The molecule has 0 spiro atoms. The Morgan fingerprint density at radius 2 is 1.62 bits per heavy atom. The van der Waals surface area contributed by atoms with E-state index in [2.05, 4.69) is 15.0 Å². The predicted molar refractivity (Wildman–Crippen MR) is 109 cm³/mol. The predicted octanol–water partition coefficient (Wildman–Crippen LogP) is 0.204. The number of carbonyl (C=O) groups excluding carboxylic acids is 2. The minimum Gasteiger partial charge on any atom is -0.421 e. The molecule has 4 aromatic rings. The van der Waals surface area contributed by atoms with Crippen molar-refractivity contribution >= 4 is 22.8 Å². The molecule has 1 aliphatic heterocycles. The number of hydrogen-bond donors (Lipinski definition) is 2. The van der Waals surface area contributed by atoms with Gasteiger partial charge in [-0.3, -0.25) is 0 Å². The number of aliphatic hydroxyl groups excluding tert-OH is 2. The van der Waals surface area contributed by atoms with Crippen LogP contribution in [0, 0.1) is 0 Å². The first-order chi connectivity index (χ1) is 15.0. The van der Waals surface area contributed by atoms with E-state index in [9.17, 15) is 19.8 Å². The zero-order valence-corrected chi connectivity index (χ0v) is 16.2. The molecule has 0 radical (unpaired) electrons. The highest BCUT2D eigenvalue weighted by Gasteiger charge is 2.37. The fraction of sp³-hybridized carbons (Fsp3) is 0.0952. The van der Waals surface area contributed by atoms with Gasteiger partial charge in [-0.05, 0) is 12.1 Å². The van der Waals surface area contributed by atoms with Crippen molar-refractivity contribution in [3.63, 3.8) is 0 Å². The van der Waals surface area contributed by atoms with Crippen LogP contribution in [-0.4, -0.2) is 59.4 Å². The summed E-state index contributed by atoms with van der Waals surface area (Å²) in [5.74, 6) is -2.47. The van der Waals surface area contributed by atoms with Crippen molar-refractivity contribution in [2.45, 2.75) is 12.2 Å². The van der Waals surface area contributed by atoms with Crippen LogP contribution < -0.4 is 9.47 Å². The summed E-state index contributed by atoms with van der Waals surface area (Å²) in [6.07, 6.45) is 0.336. The lowest BCUT2D eigenvalue weighted by molar-refractivity contribution is -0.162. The Hall–Kier alpha value is -4.19. The maximum absolute atomic E-state index is 12.4. The van der Waals surface area contributed by atoms with Crippen LogP contribution in [0.3, 0.4) is 0 Å². The van der Waals surface area contributed by atoms with Crippen LogP contribution in [0.2, 0.25) is 0 Å². The quantitative estimate of drug-likeness (QED) is 0.329. The molecule has 11 nitrogen and oxygen atoms in total. The van der Waals surface area contributed by atoms with Gasteiger partial charge in [-0.25, -0.2) is 19.6 Å². The fourth-order valence-electron chi connectivity index (χ4n) is 3.23. The van der Waals surface area contributed by atoms with E-state index in [0.717, 1.165) is 0 Å². The van der Waals surface area contributed by atoms with Gasteiger partial charge in [0, 0.05) is 18.0 Å². The van der Waals surface area contributed by atoms with Crippen LogP contribution in [-0.2, 0) is 9.59 Å². The number of esters is 2. The molecule has 0 bridgehead atoms. The lowest BCUT2D eigenvalue weighted by Gasteiger charge is -2.15. The van der Waals surface area contributed by atoms with Gasteiger partial charge in [0.25, 0.3) is 0 Å². The van der Waals surface area contributed by atoms with Gasteiger partial charge in [-0.2, -0.15) is 4.98 Å². The molecule has 11 heteroatoms. The molecule has 0 aliphatic carbocycles.